The van der Waals surface area contributed by atoms with E-state index in [1.807, 2.05) is 0 Å². The second-order valence-corrected chi connectivity index (χ2v) is 6.76. The van der Waals surface area contributed by atoms with Crippen molar-refractivity contribution in [1.82, 2.24) is 19.7 Å². The first-order chi connectivity index (χ1) is 15.5. The van der Waals surface area contributed by atoms with E-state index in [0.29, 0.717) is 22.2 Å². The van der Waals surface area contributed by atoms with E-state index in [4.69, 9.17) is 0 Å². The zero-order valence-corrected chi connectivity index (χ0v) is 17.0. The molecule has 0 radical (unpaired) electrons. The van der Waals surface area contributed by atoms with Crippen molar-refractivity contribution in [2.24, 2.45) is 4.99 Å². The van der Waals surface area contributed by atoms with Crippen LogP contribution in [0.5, 0.6) is 0 Å². The van der Waals surface area contributed by atoms with E-state index in [9.17, 15) is 13.6 Å². The Morgan fingerprint density at radius 2 is 1.97 bits per heavy atom. The van der Waals surface area contributed by atoms with E-state index >= 15 is 0 Å². The van der Waals surface area contributed by atoms with Gasteiger partial charge in [0, 0.05) is 48.7 Å². The number of aliphatic imine (C=N–C) groups is 1. The molecular formula is C24H17F2N5O. The fraction of sp³-hybridized carbons (Fsp3) is 0.0417. The van der Waals surface area contributed by atoms with E-state index in [1.165, 1.54) is 47.6 Å². The summed E-state index contributed by atoms with van der Waals surface area (Å²) in [6.45, 7) is 0. The Bertz CT molecular complexity index is 1440. The van der Waals surface area contributed by atoms with Gasteiger partial charge >= 0.3 is 0 Å². The predicted octanol–water partition coefficient (Wildman–Crippen LogP) is 4.25. The Balaban J connectivity index is 1.80. The molecular weight excluding hydrogens is 412 g/mol. The van der Waals surface area contributed by atoms with E-state index in [0.717, 1.165) is 11.8 Å². The number of fused-ring (bicyclic) bond motifs is 1. The van der Waals surface area contributed by atoms with Crippen LogP contribution in [0, 0.1) is 11.6 Å². The second-order valence-electron chi connectivity index (χ2n) is 6.76. The Morgan fingerprint density at radius 1 is 1.09 bits per heavy atom. The summed E-state index contributed by atoms with van der Waals surface area (Å²) in [4.78, 5) is 24.6. The molecule has 4 aromatic rings. The molecule has 0 aliphatic heterocycles. The van der Waals surface area contributed by atoms with Crippen molar-refractivity contribution in [3.8, 4) is 5.69 Å². The van der Waals surface area contributed by atoms with Crippen LogP contribution in [0.4, 0.5) is 8.78 Å². The van der Waals surface area contributed by atoms with Crippen molar-refractivity contribution >= 4 is 28.8 Å². The molecule has 0 N–H and O–H groups in total. The zero-order valence-electron chi connectivity index (χ0n) is 17.0. The first-order valence-electron chi connectivity index (χ1n) is 9.61. The van der Waals surface area contributed by atoms with Gasteiger partial charge in [0.05, 0.1) is 23.6 Å². The summed E-state index contributed by atoms with van der Waals surface area (Å²) in [5, 5.41) is 5.01. The molecule has 6 nitrogen and oxygen atoms in total. The molecule has 1 aromatic carbocycles. The van der Waals surface area contributed by atoms with Crippen molar-refractivity contribution < 1.29 is 8.78 Å². The van der Waals surface area contributed by atoms with Gasteiger partial charge in [0.2, 0.25) is 5.43 Å². The van der Waals surface area contributed by atoms with E-state index in [2.05, 4.69) is 20.1 Å². The molecule has 0 aliphatic rings. The van der Waals surface area contributed by atoms with Crippen molar-refractivity contribution in [2.75, 3.05) is 7.05 Å². The van der Waals surface area contributed by atoms with Crippen molar-refractivity contribution in [3.63, 3.8) is 0 Å². The molecule has 0 unspecified atom stereocenters. The monoisotopic (exact) mass is 429 g/mol. The molecule has 3 aromatic heterocycles. The molecule has 0 aliphatic carbocycles. The SMILES string of the molecule is CN=C/C=C(\C=C/c1ccnc2ccc(F)cc12)c1nn(-c2cncc(F)c2)ccc1=O. The van der Waals surface area contributed by atoms with Crippen LogP contribution in [-0.2, 0) is 0 Å². The molecule has 0 amide bonds. The van der Waals surface area contributed by atoms with Gasteiger partial charge < -0.3 is 0 Å². The largest absolute Gasteiger partial charge is 0.296 e. The quantitative estimate of drug-likeness (QED) is 0.351. The fourth-order valence-electron chi connectivity index (χ4n) is 3.11. The average molecular weight is 429 g/mol. The summed E-state index contributed by atoms with van der Waals surface area (Å²) < 4.78 is 28.7. The molecule has 0 bridgehead atoms. The van der Waals surface area contributed by atoms with E-state index < -0.39 is 5.82 Å². The Hall–Kier alpha value is -4.33. The van der Waals surface area contributed by atoms with Gasteiger partial charge in [0.15, 0.2) is 0 Å². The van der Waals surface area contributed by atoms with Gasteiger partial charge in [-0.2, -0.15) is 5.10 Å². The minimum Gasteiger partial charge on any atom is -0.296 e. The second kappa shape index (κ2) is 9.22. The Morgan fingerprint density at radius 3 is 2.78 bits per heavy atom. The van der Waals surface area contributed by atoms with Crippen LogP contribution in [0.2, 0.25) is 0 Å². The fourth-order valence-corrected chi connectivity index (χ4v) is 3.11. The Kier molecular flexibility index (Phi) is 6.03. The van der Waals surface area contributed by atoms with Crippen LogP contribution < -0.4 is 5.43 Å². The van der Waals surface area contributed by atoms with Gasteiger partial charge in [-0.3, -0.25) is 19.8 Å². The standard InChI is InChI=1S/C24H17F2N5O/c1-27-9-6-17(3-2-16-7-10-29-22-5-4-18(25)13-21(16)22)24-23(32)8-11-31(30-24)20-12-19(26)14-28-15-20/h2-15H,1H3/b3-2-,17-6+,27-9?. The predicted molar refractivity (Wildman–Crippen MR) is 121 cm³/mol. The normalized spacial score (nSPS) is 12.3. The maximum Gasteiger partial charge on any atom is 0.208 e. The summed E-state index contributed by atoms with van der Waals surface area (Å²) in [5.41, 5.74) is 2.02. The van der Waals surface area contributed by atoms with Gasteiger partial charge in [-0.05, 0) is 35.9 Å². The number of halogens is 2. The van der Waals surface area contributed by atoms with Crippen molar-refractivity contribution in [2.45, 2.75) is 0 Å². The van der Waals surface area contributed by atoms with Gasteiger partial charge in [0.1, 0.15) is 17.3 Å². The summed E-state index contributed by atoms with van der Waals surface area (Å²) in [5.74, 6) is -0.888. The highest BCUT2D eigenvalue weighted by molar-refractivity contribution is 5.93. The minimum atomic E-state index is -0.518. The smallest absolute Gasteiger partial charge is 0.208 e. The molecule has 0 saturated carbocycles. The molecule has 32 heavy (non-hydrogen) atoms. The lowest BCUT2D eigenvalue weighted by Crippen LogP contribution is -2.15. The Labute approximate surface area is 181 Å². The van der Waals surface area contributed by atoms with Crippen LogP contribution in [0.15, 0.2) is 83.1 Å². The third kappa shape index (κ3) is 4.54. The van der Waals surface area contributed by atoms with Crippen LogP contribution in [0.25, 0.3) is 28.2 Å². The summed E-state index contributed by atoms with van der Waals surface area (Å²) in [6, 6.07) is 8.72. The first-order valence-corrected chi connectivity index (χ1v) is 9.61. The summed E-state index contributed by atoms with van der Waals surface area (Å²) in [6.07, 6.45) is 12.2. The van der Waals surface area contributed by atoms with Gasteiger partial charge in [0.25, 0.3) is 0 Å². The molecule has 158 valence electrons. The molecule has 3 heterocycles. The van der Waals surface area contributed by atoms with Gasteiger partial charge in [-0.25, -0.2) is 13.5 Å². The topological polar surface area (TPSA) is 73.0 Å². The third-order valence-electron chi connectivity index (χ3n) is 4.62. The van der Waals surface area contributed by atoms with Crippen LogP contribution in [-0.4, -0.2) is 33.0 Å². The van der Waals surface area contributed by atoms with Crippen molar-refractivity contribution in [1.29, 1.82) is 0 Å². The lowest BCUT2D eigenvalue weighted by atomic mass is 10.1. The first kappa shape index (κ1) is 20.9. The van der Waals surface area contributed by atoms with Crippen LogP contribution in [0.1, 0.15) is 11.3 Å². The molecule has 0 saturated heterocycles. The number of pyridine rings is 2. The molecule has 0 fully saturated rings. The molecule has 0 atom stereocenters. The number of allylic oxidation sites excluding steroid dienone is 3. The number of benzene rings is 1. The van der Waals surface area contributed by atoms with E-state index in [1.54, 1.807) is 43.6 Å². The van der Waals surface area contributed by atoms with Gasteiger partial charge in [-0.15, -0.1) is 0 Å². The minimum absolute atomic E-state index is 0.137. The molecule has 0 spiro atoms. The van der Waals surface area contributed by atoms with E-state index in [-0.39, 0.29) is 16.9 Å². The number of aromatic nitrogens is 4. The maximum atomic E-state index is 13.8. The summed E-state index contributed by atoms with van der Waals surface area (Å²) >= 11 is 0. The number of rotatable bonds is 5. The zero-order chi connectivity index (χ0) is 22.5. The van der Waals surface area contributed by atoms with Crippen LogP contribution in [0.3, 0.4) is 0 Å². The van der Waals surface area contributed by atoms with Crippen LogP contribution >= 0.6 is 0 Å². The highest BCUT2D eigenvalue weighted by Crippen LogP contribution is 2.21. The highest BCUT2D eigenvalue weighted by atomic mass is 19.1. The lowest BCUT2D eigenvalue weighted by molar-refractivity contribution is 0.618. The van der Waals surface area contributed by atoms with Gasteiger partial charge in [-0.1, -0.05) is 12.2 Å². The number of hydrogen-bond acceptors (Lipinski definition) is 5. The number of hydrogen-bond donors (Lipinski definition) is 0. The molecule has 4 rings (SSSR count). The lowest BCUT2D eigenvalue weighted by Gasteiger charge is -2.08. The third-order valence-corrected chi connectivity index (χ3v) is 4.62. The maximum absolute atomic E-state index is 13.8. The summed E-state index contributed by atoms with van der Waals surface area (Å²) in [7, 11) is 1.60. The highest BCUT2D eigenvalue weighted by Gasteiger charge is 2.09. The van der Waals surface area contributed by atoms with Crippen molar-refractivity contribution in [3.05, 3.63) is 106 Å². The average Bonchev–Trinajstić information content (AvgIpc) is 2.80. The number of nitrogens with zero attached hydrogens (tertiary/aromatic N) is 5. The molecule has 8 heteroatoms.